The summed E-state index contributed by atoms with van der Waals surface area (Å²) in [6, 6.07) is 0.0970. The van der Waals surface area contributed by atoms with E-state index in [1.54, 1.807) is 0 Å². The Morgan fingerprint density at radius 2 is 1.83 bits per heavy atom. The van der Waals surface area contributed by atoms with Crippen LogP contribution in [0.5, 0.6) is 0 Å². The number of nitrogen functional groups attached to an aromatic ring is 1. The highest BCUT2D eigenvalue weighted by Gasteiger charge is 2.39. The Bertz CT molecular complexity index is 1110. The third-order valence-electron chi connectivity index (χ3n) is 6.42. The Balaban J connectivity index is 1.64. The van der Waals surface area contributed by atoms with Crippen molar-refractivity contribution in [1.82, 2.24) is 24.9 Å². The predicted octanol–water partition coefficient (Wildman–Crippen LogP) is 3.88. The minimum Gasteiger partial charge on any atom is -0.481 e. The van der Waals surface area contributed by atoms with Crippen molar-refractivity contribution in [2.45, 2.75) is 70.3 Å². The first-order valence-electron chi connectivity index (χ1n) is 10.7. The lowest BCUT2D eigenvalue weighted by molar-refractivity contribution is -0.142. The number of carbonyl (C=O) groups is 1. The van der Waals surface area contributed by atoms with Crippen LogP contribution in [0.3, 0.4) is 0 Å². The van der Waals surface area contributed by atoms with Gasteiger partial charge in [-0.3, -0.25) is 4.79 Å². The van der Waals surface area contributed by atoms with Gasteiger partial charge in [0.2, 0.25) is 0 Å². The van der Waals surface area contributed by atoms with E-state index >= 15 is 0 Å². The Morgan fingerprint density at radius 1 is 1.13 bits per heavy atom. The van der Waals surface area contributed by atoms with Crippen LogP contribution >= 0.6 is 0 Å². The maximum atomic E-state index is 11.4. The van der Waals surface area contributed by atoms with Crippen molar-refractivity contribution >= 4 is 22.8 Å². The number of hydrogen-bond donors (Lipinski definition) is 2. The van der Waals surface area contributed by atoms with E-state index in [4.69, 9.17) is 15.4 Å². The second-order valence-electron chi connectivity index (χ2n) is 8.81. The molecule has 9 nitrogen and oxygen atoms in total. The maximum Gasteiger partial charge on any atom is 0.306 e. The van der Waals surface area contributed by atoms with Crippen LogP contribution in [-0.4, -0.2) is 36.0 Å². The SMILES string of the molecule is CC(C)n1nc(-c2noc(C3CC3)c2C2CCC(C(=O)O)CC2)c2c(N)ncnc21. The van der Waals surface area contributed by atoms with Gasteiger partial charge in [-0.25, -0.2) is 14.6 Å². The Hall–Kier alpha value is -2.97. The third kappa shape index (κ3) is 3.03. The van der Waals surface area contributed by atoms with Crippen molar-refractivity contribution < 1.29 is 14.4 Å². The van der Waals surface area contributed by atoms with Gasteiger partial charge in [-0.05, 0) is 58.3 Å². The number of nitrogens with zero attached hydrogens (tertiary/aromatic N) is 5. The zero-order valence-corrected chi connectivity index (χ0v) is 17.2. The lowest BCUT2D eigenvalue weighted by Crippen LogP contribution is -2.21. The van der Waals surface area contributed by atoms with Crippen molar-refractivity contribution in [3.8, 4) is 11.4 Å². The molecule has 0 aromatic carbocycles. The lowest BCUT2D eigenvalue weighted by Gasteiger charge is -2.26. The molecule has 0 amide bonds. The Labute approximate surface area is 173 Å². The number of nitrogens with two attached hydrogens (primary N) is 1. The summed E-state index contributed by atoms with van der Waals surface area (Å²) in [6.07, 6.45) is 6.59. The van der Waals surface area contributed by atoms with Gasteiger partial charge in [0.25, 0.3) is 0 Å². The van der Waals surface area contributed by atoms with E-state index in [9.17, 15) is 9.90 Å². The molecule has 9 heteroatoms. The maximum absolute atomic E-state index is 11.4. The van der Waals surface area contributed by atoms with Gasteiger partial charge in [-0.15, -0.1) is 0 Å². The monoisotopic (exact) mass is 410 g/mol. The van der Waals surface area contributed by atoms with Crippen LogP contribution in [-0.2, 0) is 4.79 Å². The van der Waals surface area contributed by atoms with E-state index in [0.717, 1.165) is 37.0 Å². The Morgan fingerprint density at radius 3 is 2.47 bits per heavy atom. The molecule has 3 aromatic rings. The molecule has 0 unspecified atom stereocenters. The molecule has 2 aliphatic carbocycles. The molecular weight excluding hydrogens is 384 g/mol. The van der Waals surface area contributed by atoms with Gasteiger partial charge in [-0.2, -0.15) is 5.10 Å². The van der Waals surface area contributed by atoms with Gasteiger partial charge in [0.15, 0.2) is 5.65 Å². The molecule has 2 saturated carbocycles. The van der Waals surface area contributed by atoms with E-state index in [1.807, 2.05) is 18.5 Å². The van der Waals surface area contributed by atoms with Crippen LogP contribution in [0.1, 0.15) is 81.6 Å². The van der Waals surface area contributed by atoms with Gasteiger partial charge >= 0.3 is 5.97 Å². The van der Waals surface area contributed by atoms with E-state index < -0.39 is 5.97 Å². The number of anilines is 1. The van der Waals surface area contributed by atoms with Gasteiger partial charge < -0.3 is 15.4 Å². The van der Waals surface area contributed by atoms with Gasteiger partial charge in [-0.1, -0.05) is 5.16 Å². The number of carboxylic acids is 1. The summed E-state index contributed by atoms with van der Waals surface area (Å²) in [5, 5.41) is 19.4. The first-order valence-corrected chi connectivity index (χ1v) is 10.7. The molecule has 5 rings (SSSR count). The first-order chi connectivity index (χ1) is 14.5. The molecule has 0 aliphatic heterocycles. The number of fused-ring (bicyclic) bond motifs is 1. The summed E-state index contributed by atoms with van der Waals surface area (Å²) < 4.78 is 7.71. The lowest BCUT2D eigenvalue weighted by atomic mass is 9.77. The molecule has 0 atom stereocenters. The largest absolute Gasteiger partial charge is 0.481 e. The summed E-state index contributed by atoms with van der Waals surface area (Å²) in [7, 11) is 0. The smallest absolute Gasteiger partial charge is 0.306 e. The number of aliphatic carboxylic acids is 1. The average molecular weight is 410 g/mol. The summed E-state index contributed by atoms with van der Waals surface area (Å²) in [6.45, 7) is 4.09. The molecule has 0 bridgehead atoms. The van der Waals surface area contributed by atoms with Gasteiger partial charge in [0, 0.05) is 17.5 Å². The van der Waals surface area contributed by atoms with Crippen molar-refractivity contribution in [1.29, 1.82) is 0 Å². The Kier molecular flexibility index (Phi) is 4.48. The second-order valence-corrected chi connectivity index (χ2v) is 8.81. The van der Waals surface area contributed by atoms with Crippen LogP contribution in [0.25, 0.3) is 22.4 Å². The molecular formula is C21H26N6O3. The molecule has 0 radical (unpaired) electrons. The zero-order valence-electron chi connectivity index (χ0n) is 17.2. The number of rotatable bonds is 5. The van der Waals surface area contributed by atoms with Crippen LogP contribution in [0.4, 0.5) is 5.82 Å². The predicted molar refractivity (Wildman–Crippen MR) is 110 cm³/mol. The molecule has 3 aromatic heterocycles. The van der Waals surface area contributed by atoms with E-state index in [-0.39, 0.29) is 17.9 Å². The molecule has 2 aliphatic rings. The third-order valence-corrected chi connectivity index (χ3v) is 6.42. The van der Waals surface area contributed by atoms with E-state index in [1.165, 1.54) is 6.33 Å². The minimum absolute atomic E-state index is 0.0970. The van der Waals surface area contributed by atoms with Gasteiger partial charge in [0.1, 0.15) is 29.3 Å². The van der Waals surface area contributed by atoms with Crippen LogP contribution in [0, 0.1) is 5.92 Å². The number of hydrogen-bond acceptors (Lipinski definition) is 7. The molecule has 3 N–H and O–H groups in total. The average Bonchev–Trinajstić information content (AvgIpc) is 3.34. The highest BCUT2D eigenvalue weighted by atomic mass is 16.5. The number of carboxylic acid groups (broad SMARTS) is 1. The summed E-state index contributed by atoms with van der Waals surface area (Å²) in [5.74, 6) is 0.949. The van der Waals surface area contributed by atoms with Crippen molar-refractivity contribution in [3.63, 3.8) is 0 Å². The summed E-state index contributed by atoms with van der Waals surface area (Å²) in [4.78, 5) is 20.0. The molecule has 3 heterocycles. The fourth-order valence-corrected chi connectivity index (χ4v) is 4.67. The summed E-state index contributed by atoms with van der Waals surface area (Å²) >= 11 is 0. The fraction of sp³-hybridized carbons (Fsp3) is 0.571. The minimum atomic E-state index is -0.701. The second kappa shape index (κ2) is 7.07. The molecule has 0 spiro atoms. The topological polar surface area (TPSA) is 133 Å². The molecule has 158 valence electrons. The van der Waals surface area contributed by atoms with Crippen molar-refractivity contribution in [2.75, 3.05) is 5.73 Å². The van der Waals surface area contributed by atoms with E-state index in [2.05, 4.69) is 15.1 Å². The fourth-order valence-electron chi connectivity index (χ4n) is 4.67. The summed E-state index contributed by atoms with van der Waals surface area (Å²) in [5.41, 5.74) is 9.37. The van der Waals surface area contributed by atoms with Crippen molar-refractivity contribution in [3.05, 3.63) is 17.7 Å². The first kappa shape index (κ1) is 19.0. The standard InChI is InChI=1S/C21H26N6O3/c1-10(2)27-20-15(19(22)23-9-24-20)16(25-27)17-14(18(30-26-17)12-5-6-12)11-3-7-13(8-4-11)21(28)29/h9-13H,3-8H2,1-2H3,(H,28,29)(H2,22,23,24). The van der Waals surface area contributed by atoms with Crippen LogP contribution in [0.2, 0.25) is 0 Å². The van der Waals surface area contributed by atoms with Crippen LogP contribution < -0.4 is 5.73 Å². The van der Waals surface area contributed by atoms with Gasteiger partial charge in [0.05, 0.1) is 11.3 Å². The van der Waals surface area contributed by atoms with Crippen LogP contribution in [0.15, 0.2) is 10.9 Å². The highest BCUT2D eigenvalue weighted by Crippen LogP contribution is 2.50. The van der Waals surface area contributed by atoms with E-state index in [0.29, 0.717) is 47.0 Å². The highest BCUT2D eigenvalue weighted by molar-refractivity contribution is 5.98. The molecule has 0 saturated heterocycles. The number of aromatic nitrogens is 5. The zero-order chi connectivity index (χ0) is 21.0. The molecule has 2 fully saturated rings. The quantitative estimate of drug-likeness (QED) is 0.647. The van der Waals surface area contributed by atoms with Crippen molar-refractivity contribution in [2.24, 2.45) is 5.92 Å². The normalized spacial score (nSPS) is 22.1. The molecule has 30 heavy (non-hydrogen) atoms.